The Morgan fingerprint density at radius 3 is 2.39 bits per heavy atom. The van der Waals surface area contributed by atoms with Gasteiger partial charge in [0, 0.05) is 43.3 Å². The zero-order valence-corrected chi connectivity index (χ0v) is 22.3. The second-order valence-corrected chi connectivity index (χ2v) is 10.1. The zero-order valence-electron chi connectivity index (χ0n) is 22.3. The van der Waals surface area contributed by atoms with Gasteiger partial charge >= 0.3 is 18.2 Å². The minimum absolute atomic E-state index is 0.222. The summed E-state index contributed by atoms with van der Waals surface area (Å²) in [6.45, 7) is 3.75. The van der Waals surface area contributed by atoms with E-state index in [1.807, 2.05) is 24.3 Å². The lowest BCUT2D eigenvalue weighted by atomic mass is 9.93. The van der Waals surface area contributed by atoms with Crippen molar-refractivity contribution in [3.63, 3.8) is 0 Å². The zero-order chi connectivity index (χ0) is 28.8. The van der Waals surface area contributed by atoms with Gasteiger partial charge in [-0.15, -0.1) is 13.2 Å². The number of aromatic nitrogens is 2. The molecule has 0 aliphatic carbocycles. The summed E-state index contributed by atoms with van der Waals surface area (Å²) in [6.07, 6.45) is 0.175. The number of hydrogen-bond donors (Lipinski definition) is 0. The predicted molar refractivity (Wildman–Crippen MR) is 142 cm³/mol. The molecule has 13 heteroatoms. The van der Waals surface area contributed by atoms with Crippen LogP contribution in [0, 0.1) is 16.0 Å². The number of halogens is 3. The van der Waals surface area contributed by atoms with Crippen molar-refractivity contribution in [1.82, 2.24) is 9.55 Å². The fourth-order valence-electron chi connectivity index (χ4n) is 4.99. The van der Waals surface area contributed by atoms with Crippen molar-refractivity contribution in [3.8, 4) is 17.5 Å². The molecule has 41 heavy (non-hydrogen) atoms. The number of ether oxygens (including phenoxy) is 4. The number of fused-ring (bicyclic) bond motifs is 1. The summed E-state index contributed by atoms with van der Waals surface area (Å²) in [5, 5.41) is 10.9. The standard InChI is InChI=1S/C28H31F3N4O6/c29-28(30,31)41-24-5-1-21(2-6-24)18-38-16-12-20-9-13-33(14-10-20)22-3-7-23(8-4-22)39-19-25-11-15-34-17-26(35(36)37)32-27(34)40-25/h1-8,17,20,25H,9-16,18-19H2. The van der Waals surface area contributed by atoms with E-state index in [4.69, 9.17) is 14.2 Å². The van der Waals surface area contributed by atoms with Crippen molar-refractivity contribution in [1.29, 1.82) is 0 Å². The van der Waals surface area contributed by atoms with Gasteiger partial charge in [-0.2, -0.15) is 0 Å². The Kier molecular flexibility index (Phi) is 8.81. The van der Waals surface area contributed by atoms with Crippen LogP contribution in [0.5, 0.6) is 17.5 Å². The lowest BCUT2D eigenvalue weighted by Crippen LogP contribution is -2.34. The van der Waals surface area contributed by atoms with Crippen LogP contribution in [0.2, 0.25) is 0 Å². The van der Waals surface area contributed by atoms with Crippen molar-refractivity contribution in [2.75, 3.05) is 31.2 Å². The molecule has 0 amide bonds. The van der Waals surface area contributed by atoms with Crippen LogP contribution in [-0.4, -0.2) is 53.2 Å². The normalized spacial score (nSPS) is 17.5. The molecule has 1 unspecified atom stereocenters. The molecule has 5 rings (SSSR count). The Bertz CT molecular complexity index is 1290. The van der Waals surface area contributed by atoms with E-state index in [9.17, 15) is 23.3 Å². The Hall–Kier alpha value is -4.00. The fourth-order valence-corrected chi connectivity index (χ4v) is 4.99. The molecule has 0 N–H and O–H groups in total. The minimum atomic E-state index is -4.69. The monoisotopic (exact) mass is 576 g/mol. The summed E-state index contributed by atoms with van der Waals surface area (Å²) in [5.74, 6) is 0.825. The maximum absolute atomic E-state index is 12.3. The molecule has 1 fully saturated rings. The van der Waals surface area contributed by atoms with Gasteiger partial charge in [-0.1, -0.05) is 12.1 Å². The van der Waals surface area contributed by atoms with E-state index in [-0.39, 0.29) is 23.7 Å². The maximum Gasteiger partial charge on any atom is 0.573 e. The highest BCUT2D eigenvalue weighted by molar-refractivity contribution is 5.49. The Morgan fingerprint density at radius 2 is 1.71 bits per heavy atom. The van der Waals surface area contributed by atoms with Gasteiger partial charge in [-0.25, -0.2) is 0 Å². The van der Waals surface area contributed by atoms with Crippen LogP contribution in [-0.2, 0) is 17.9 Å². The van der Waals surface area contributed by atoms with Gasteiger partial charge in [-0.05, 0) is 72.1 Å². The molecule has 2 aliphatic heterocycles. The van der Waals surface area contributed by atoms with Gasteiger partial charge in [0.15, 0.2) is 0 Å². The molecule has 0 radical (unpaired) electrons. The van der Waals surface area contributed by atoms with Crippen molar-refractivity contribution in [2.45, 2.75) is 51.3 Å². The molecule has 0 saturated carbocycles. The summed E-state index contributed by atoms with van der Waals surface area (Å²) >= 11 is 0. The maximum atomic E-state index is 12.3. The summed E-state index contributed by atoms with van der Waals surface area (Å²) in [6, 6.07) is 13.9. The lowest BCUT2D eigenvalue weighted by molar-refractivity contribution is -0.389. The topological polar surface area (TPSA) is 101 Å². The third-order valence-electron chi connectivity index (χ3n) is 7.23. The highest BCUT2D eigenvalue weighted by Gasteiger charge is 2.31. The largest absolute Gasteiger partial charge is 0.573 e. The predicted octanol–water partition coefficient (Wildman–Crippen LogP) is 5.74. The van der Waals surface area contributed by atoms with Crippen LogP contribution in [0.25, 0.3) is 0 Å². The van der Waals surface area contributed by atoms with E-state index in [2.05, 4.69) is 14.6 Å². The molecule has 3 heterocycles. The first-order valence-corrected chi connectivity index (χ1v) is 13.5. The van der Waals surface area contributed by atoms with Gasteiger partial charge in [0.05, 0.1) is 6.61 Å². The lowest BCUT2D eigenvalue weighted by Gasteiger charge is -2.33. The van der Waals surface area contributed by atoms with Crippen molar-refractivity contribution >= 4 is 11.5 Å². The molecule has 0 bridgehead atoms. The number of alkyl halides is 3. The second-order valence-electron chi connectivity index (χ2n) is 10.1. The van der Waals surface area contributed by atoms with Crippen LogP contribution in [0.4, 0.5) is 24.7 Å². The summed E-state index contributed by atoms with van der Waals surface area (Å²) < 4.78 is 59.7. The first-order valence-electron chi connectivity index (χ1n) is 13.5. The van der Waals surface area contributed by atoms with E-state index in [1.54, 1.807) is 16.7 Å². The Balaban J connectivity index is 0.981. The van der Waals surface area contributed by atoms with Crippen molar-refractivity contribution in [3.05, 3.63) is 70.4 Å². The first kappa shape index (κ1) is 28.5. The molecule has 2 aromatic carbocycles. The third-order valence-corrected chi connectivity index (χ3v) is 7.23. The van der Waals surface area contributed by atoms with E-state index < -0.39 is 11.3 Å². The van der Waals surface area contributed by atoms with Gasteiger partial charge in [0.1, 0.15) is 30.4 Å². The fraction of sp³-hybridized carbons (Fsp3) is 0.464. The molecule has 1 atom stereocenters. The SMILES string of the molecule is O=[N+]([O-])c1cn2c(n1)OC(COc1ccc(N3CCC(CCOCc4ccc(OC(F)(F)F)cc4)CC3)cc1)CC2. The first-order chi connectivity index (χ1) is 19.7. The number of piperidine rings is 1. The molecule has 220 valence electrons. The van der Waals surface area contributed by atoms with E-state index in [0.717, 1.165) is 49.4 Å². The third kappa shape index (κ3) is 8.03. The van der Waals surface area contributed by atoms with E-state index in [0.29, 0.717) is 38.7 Å². The average Bonchev–Trinajstić information content (AvgIpc) is 3.39. The number of aryl methyl sites for hydroxylation is 1. The molecule has 1 aromatic heterocycles. The molecule has 2 aliphatic rings. The highest BCUT2D eigenvalue weighted by atomic mass is 19.4. The number of benzene rings is 2. The molecule has 3 aromatic rings. The summed E-state index contributed by atoms with van der Waals surface area (Å²) in [5.41, 5.74) is 1.93. The quantitative estimate of drug-likeness (QED) is 0.162. The van der Waals surface area contributed by atoms with Crippen molar-refractivity contribution < 1.29 is 37.0 Å². The number of imidazole rings is 1. The van der Waals surface area contributed by atoms with Gasteiger partial charge in [0.2, 0.25) is 0 Å². The van der Waals surface area contributed by atoms with Gasteiger partial charge in [-0.3, -0.25) is 4.57 Å². The Morgan fingerprint density at radius 1 is 1.00 bits per heavy atom. The number of nitrogens with zero attached hydrogens (tertiary/aromatic N) is 4. The van der Waals surface area contributed by atoms with Crippen LogP contribution >= 0.6 is 0 Å². The van der Waals surface area contributed by atoms with Crippen LogP contribution in [0.1, 0.15) is 31.2 Å². The van der Waals surface area contributed by atoms with E-state index in [1.165, 1.54) is 18.3 Å². The minimum Gasteiger partial charge on any atom is -0.490 e. The van der Waals surface area contributed by atoms with Crippen LogP contribution in [0.3, 0.4) is 0 Å². The van der Waals surface area contributed by atoms with Gasteiger partial charge in [0.25, 0.3) is 0 Å². The van der Waals surface area contributed by atoms with E-state index >= 15 is 0 Å². The number of anilines is 1. The Labute approximate surface area is 234 Å². The highest BCUT2D eigenvalue weighted by Crippen LogP contribution is 2.28. The number of hydrogen-bond acceptors (Lipinski definition) is 8. The average molecular weight is 577 g/mol. The molecular weight excluding hydrogens is 545 g/mol. The molecule has 0 spiro atoms. The molecular formula is C28H31F3N4O6. The summed E-state index contributed by atoms with van der Waals surface area (Å²) in [4.78, 5) is 16.6. The van der Waals surface area contributed by atoms with Crippen LogP contribution in [0.15, 0.2) is 54.7 Å². The molecule has 1 saturated heterocycles. The smallest absolute Gasteiger partial charge is 0.490 e. The van der Waals surface area contributed by atoms with Crippen molar-refractivity contribution in [2.24, 2.45) is 5.92 Å². The number of nitro groups is 1. The second kappa shape index (κ2) is 12.7. The molecule has 10 nitrogen and oxygen atoms in total. The summed E-state index contributed by atoms with van der Waals surface area (Å²) in [7, 11) is 0. The van der Waals surface area contributed by atoms with Gasteiger partial charge < -0.3 is 34.0 Å². The van der Waals surface area contributed by atoms with Crippen LogP contribution < -0.4 is 19.1 Å². The number of rotatable bonds is 11.